The molecule has 69 heavy (non-hydrogen) atoms. The van der Waals surface area contributed by atoms with E-state index in [9.17, 15) is 9.22 Å². The maximum Gasteiger partial charge on any atom is 0.148 e. The number of aromatic nitrogens is 3. The van der Waals surface area contributed by atoms with Gasteiger partial charge in [0.05, 0.1) is 26.2 Å². The van der Waals surface area contributed by atoms with Crippen LogP contribution in [-0.2, 0) is 42.7 Å². The normalized spacial score (nSPS) is 17.2. The molecule has 8 aromatic rings. The van der Waals surface area contributed by atoms with Crippen LogP contribution < -0.4 is 0 Å². The van der Waals surface area contributed by atoms with E-state index in [2.05, 4.69) is 31.8 Å². The summed E-state index contributed by atoms with van der Waals surface area (Å²) in [5, 5.41) is 12.6. The average Bonchev–Trinajstić information content (AvgIpc) is 1.08. The van der Waals surface area contributed by atoms with Crippen LogP contribution in [0.15, 0.2) is 127 Å². The van der Waals surface area contributed by atoms with Gasteiger partial charge in [0.25, 0.3) is 0 Å². The summed E-state index contributed by atoms with van der Waals surface area (Å²) in [7, 11) is 0. The summed E-state index contributed by atoms with van der Waals surface area (Å²) in [4.78, 5) is 9.85. The Kier molecular flexibility index (Phi) is 8.89. The zero-order valence-corrected chi connectivity index (χ0v) is 44.0. The summed E-state index contributed by atoms with van der Waals surface area (Å²) >= 11 is 0. The summed E-state index contributed by atoms with van der Waals surface area (Å²) < 4.78 is 159. The van der Waals surface area contributed by atoms with Gasteiger partial charge >= 0.3 is 0 Å². The van der Waals surface area contributed by atoms with Crippen molar-refractivity contribution < 1.29 is 50.8 Å². The molecule has 0 unspecified atom stereocenters. The molecule has 5 heteroatoms. The minimum Gasteiger partial charge on any atom is -0.507 e. The van der Waals surface area contributed by atoms with Crippen LogP contribution in [0.4, 0.5) is 0 Å². The first-order valence-corrected chi connectivity index (χ1v) is 22.9. The van der Waals surface area contributed by atoms with Crippen molar-refractivity contribution in [3.8, 4) is 67.5 Å². The number of pyridine rings is 1. The number of nitrogens with zero attached hydrogens (tertiary/aromatic N) is 3. The van der Waals surface area contributed by atoms with E-state index in [-0.39, 0.29) is 43.5 Å². The summed E-state index contributed by atoms with van der Waals surface area (Å²) in [6.07, 6.45) is -0.764. The van der Waals surface area contributed by atoms with Crippen molar-refractivity contribution in [3.63, 3.8) is 0 Å². The van der Waals surface area contributed by atoms with Gasteiger partial charge in [0, 0.05) is 59.3 Å². The van der Waals surface area contributed by atoms with Gasteiger partial charge in [0.2, 0.25) is 0 Å². The summed E-state index contributed by atoms with van der Waals surface area (Å²) in [6.45, 7) is 13.7. The maximum absolute atomic E-state index is 12.6. The molecule has 2 aromatic heterocycles. The third-order valence-corrected chi connectivity index (χ3v) is 12.4. The number of para-hydroxylation sites is 1. The summed E-state index contributed by atoms with van der Waals surface area (Å²) in [5.74, 6) is -1.59. The Hall–Kier alpha value is -5.57. The molecular weight excluding hydrogens is 1020 g/mol. The molecule has 0 fully saturated rings. The van der Waals surface area contributed by atoms with Gasteiger partial charge in [0.15, 0.2) is 0 Å². The molecule has 1 N–H and O–H groups in total. The average molecular weight is 1110 g/mol. The molecule has 0 atom stereocenters. The van der Waals surface area contributed by atoms with E-state index in [1.54, 1.807) is 6.07 Å². The fourth-order valence-corrected chi connectivity index (χ4v) is 8.51. The van der Waals surface area contributed by atoms with Gasteiger partial charge in [-0.2, -0.15) is 0 Å². The minimum atomic E-state index is -3.94. The molecule has 0 radical (unpaired) electrons. The molecule has 0 amide bonds. The van der Waals surface area contributed by atoms with Crippen LogP contribution in [0.2, 0.25) is 0 Å². The van der Waals surface area contributed by atoms with Crippen LogP contribution in [0, 0.1) is 6.07 Å². The molecule has 0 aliphatic heterocycles. The summed E-state index contributed by atoms with van der Waals surface area (Å²) in [6, 6.07) is 23.7. The van der Waals surface area contributed by atoms with Crippen molar-refractivity contribution in [3.05, 3.63) is 167 Å². The smallest absolute Gasteiger partial charge is 0.148 e. The Morgan fingerprint density at radius 1 is 0.623 bits per heavy atom. The first-order valence-electron chi connectivity index (χ1n) is 31.9. The zero-order chi connectivity index (χ0) is 64.7. The van der Waals surface area contributed by atoms with Crippen molar-refractivity contribution in [1.29, 1.82) is 0 Å². The Bertz CT molecular complexity index is 3920. The summed E-state index contributed by atoms with van der Waals surface area (Å²) in [5.41, 5.74) is 0.160. The number of fused-ring (bicyclic) bond motifs is 1. The molecular formula is C64H72N3OPt-. The van der Waals surface area contributed by atoms with Crippen molar-refractivity contribution in [2.45, 2.75) is 144 Å². The number of aromatic hydroxyl groups is 1. The Labute approximate surface area is 453 Å². The third-order valence-electron chi connectivity index (χ3n) is 12.4. The van der Waals surface area contributed by atoms with Crippen molar-refractivity contribution in [2.75, 3.05) is 0 Å². The molecule has 4 nitrogen and oxygen atoms in total. The molecule has 0 bridgehead atoms. The van der Waals surface area contributed by atoms with E-state index in [4.69, 9.17) is 25.5 Å². The van der Waals surface area contributed by atoms with Crippen molar-refractivity contribution in [1.82, 2.24) is 14.5 Å². The second-order valence-electron chi connectivity index (χ2n) is 21.3. The number of hydrogen-bond donors (Lipinski definition) is 1. The number of phenols is 1. The monoisotopic (exact) mass is 1110 g/mol. The van der Waals surface area contributed by atoms with Crippen LogP contribution >= 0.6 is 0 Å². The second kappa shape index (κ2) is 19.0. The van der Waals surface area contributed by atoms with Gasteiger partial charge in [-0.15, -0.1) is 29.3 Å². The molecule has 2 heterocycles. The fraction of sp³-hybridized carbons (Fsp3) is 0.344. The van der Waals surface area contributed by atoms with Gasteiger partial charge < -0.3 is 5.11 Å². The molecule has 0 aliphatic carbocycles. The minimum absolute atomic E-state index is 0. The van der Waals surface area contributed by atoms with Crippen molar-refractivity contribution >= 4 is 11.0 Å². The molecule has 0 spiro atoms. The van der Waals surface area contributed by atoms with E-state index >= 15 is 0 Å². The van der Waals surface area contributed by atoms with Crippen LogP contribution in [-0.4, -0.2) is 19.6 Å². The maximum atomic E-state index is 12.6. The van der Waals surface area contributed by atoms with Gasteiger partial charge in [-0.3, -0.25) is 9.55 Å². The first-order chi connectivity index (χ1) is 39.1. The number of hydrogen-bond acceptors (Lipinski definition) is 3. The number of phenolic OH excluding ortho intramolecular Hbond substituents is 1. The Morgan fingerprint density at radius 2 is 1.22 bits per heavy atom. The molecule has 0 saturated carbocycles. The fourth-order valence-electron chi connectivity index (χ4n) is 8.51. The number of benzene rings is 6. The molecule has 0 saturated heterocycles. The molecule has 0 aliphatic rings. The number of imidazole rings is 1. The standard InChI is InChI=1S/C64H72N3O.Pt/c1-39(2)50-19-17-20-51(40(3)4)57(50)42-25-29-49(30-26-42)67-56-22-18-21-52(58(56)66-60(67)53-37-48(63(11,12)13)38-54(59(53)68)64(14,15)16)44-33-45(35-47(34-44)62(8,9)10)55-36-43(31-32-65-55)41-23-27-46(28-24-41)61(5,6)7;/h17-32,34-40,68H,1-16H3;/q-1;/i5D3,6D3,7D3,23D,24D,27D,28D,31D,32D,36D,39D,40D;. The molecule has 8 rings (SSSR count). The first kappa shape index (κ1) is 32.3. The topological polar surface area (TPSA) is 50.9 Å². The Balaban J connectivity index is 0.0000108. The van der Waals surface area contributed by atoms with Crippen LogP contribution in [0.5, 0.6) is 5.75 Å². The third kappa shape index (κ3) is 10.3. The predicted molar refractivity (Wildman–Crippen MR) is 290 cm³/mol. The quantitative estimate of drug-likeness (QED) is 0.154. The Morgan fingerprint density at radius 3 is 1.80 bits per heavy atom. The van der Waals surface area contributed by atoms with Crippen molar-refractivity contribution in [2.24, 2.45) is 0 Å². The predicted octanol–water partition coefficient (Wildman–Crippen LogP) is 17.7. The van der Waals surface area contributed by atoms with Crippen LogP contribution in [0.1, 0.15) is 180 Å². The van der Waals surface area contributed by atoms with E-state index < -0.39 is 108 Å². The molecule has 6 aromatic carbocycles. The number of rotatable bonds is 8. The van der Waals surface area contributed by atoms with Gasteiger partial charge in [-0.05, 0) is 108 Å². The van der Waals surface area contributed by atoms with Gasteiger partial charge in [-0.25, -0.2) is 4.98 Å². The zero-order valence-electron chi connectivity index (χ0n) is 59.7. The largest absolute Gasteiger partial charge is 0.507 e. The van der Waals surface area contributed by atoms with Crippen LogP contribution in [0.25, 0.3) is 72.7 Å². The van der Waals surface area contributed by atoms with E-state index in [1.807, 2.05) is 153 Å². The molecule has 360 valence electrons. The van der Waals surface area contributed by atoms with E-state index in [0.29, 0.717) is 50.4 Å². The van der Waals surface area contributed by atoms with Gasteiger partial charge in [0.1, 0.15) is 11.6 Å². The van der Waals surface area contributed by atoms with E-state index in [1.165, 1.54) is 0 Å². The van der Waals surface area contributed by atoms with E-state index in [0.717, 1.165) is 27.8 Å². The van der Waals surface area contributed by atoms with Gasteiger partial charge in [-0.1, -0.05) is 200 Å². The SMILES string of the molecule is [2H]c1nc(-c2[c-]c(-c3cccc4c3nc(-c3cc(C(C)(C)C)cc(C(C)(C)C)c3O)n4-c3ccc(-c4c(C([2H])(C)C)cccc4C([2H])(C)C)cc3)cc(C(C)(C)C)c2)c([2H])c(-c2c([2H])c([2H])c(C(C([2H])([2H])[2H])(C([2H])([2H])[2H])C([2H])([2H])[2H])c([2H])c2[2H])c1[2H].[Pt]. The second-order valence-corrected chi connectivity index (χ2v) is 21.3. The van der Waals surface area contributed by atoms with Crippen LogP contribution in [0.3, 0.4) is 0 Å².